The Bertz CT molecular complexity index is 473. The second-order valence-corrected chi connectivity index (χ2v) is 5.53. The first kappa shape index (κ1) is 13.6. The molecule has 1 aliphatic rings. The van der Waals surface area contributed by atoms with Crippen LogP contribution < -0.4 is 0 Å². The van der Waals surface area contributed by atoms with Gasteiger partial charge in [-0.25, -0.2) is 13.2 Å². The average molecular weight is 321 g/mol. The van der Waals surface area contributed by atoms with Crippen LogP contribution in [0.2, 0.25) is 0 Å². The van der Waals surface area contributed by atoms with Crippen molar-refractivity contribution in [1.82, 2.24) is 0 Å². The highest BCUT2D eigenvalue weighted by atomic mass is 79.9. The van der Waals surface area contributed by atoms with Crippen molar-refractivity contribution in [1.29, 1.82) is 0 Å². The van der Waals surface area contributed by atoms with Gasteiger partial charge in [0, 0.05) is 29.7 Å². The first-order valence-corrected chi connectivity index (χ1v) is 6.51. The monoisotopic (exact) mass is 320 g/mol. The summed E-state index contributed by atoms with van der Waals surface area (Å²) in [5.41, 5.74) is 0.636. The van der Waals surface area contributed by atoms with Gasteiger partial charge in [-0.3, -0.25) is 4.79 Å². The molecule has 1 aromatic carbocycles. The van der Waals surface area contributed by atoms with E-state index in [1.165, 1.54) is 18.2 Å². The van der Waals surface area contributed by atoms with Crippen LogP contribution >= 0.6 is 15.9 Å². The molecule has 0 saturated heterocycles. The van der Waals surface area contributed by atoms with Gasteiger partial charge in [-0.15, -0.1) is 0 Å². The molecule has 1 aromatic rings. The molecule has 1 nitrogen and oxygen atoms in total. The molecule has 1 saturated carbocycles. The maximum atomic E-state index is 13.0. The zero-order valence-corrected chi connectivity index (χ0v) is 11.1. The highest BCUT2D eigenvalue weighted by molar-refractivity contribution is 9.10. The molecule has 18 heavy (non-hydrogen) atoms. The quantitative estimate of drug-likeness (QED) is 0.818. The third-order valence-electron chi connectivity index (χ3n) is 3.24. The molecule has 0 amide bonds. The van der Waals surface area contributed by atoms with Gasteiger partial charge in [-0.2, -0.15) is 0 Å². The summed E-state index contributed by atoms with van der Waals surface area (Å²) in [7, 11) is 0. The van der Waals surface area contributed by atoms with E-state index in [2.05, 4.69) is 15.9 Å². The van der Waals surface area contributed by atoms with Gasteiger partial charge in [0.05, 0.1) is 0 Å². The molecule has 0 aromatic heterocycles. The number of halogens is 4. The Morgan fingerprint density at radius 2 is 2.17 bits per heavy atom. The Morgan fingerprint density at radius 3 is 2.72 bits per heavy atom. The highest BCUT2D eigenvalue weighted by Gasteiger charge is 2.42. The van der Waals surface area contributed by atoms with Gasteiger partial charge in [0.1, 0.15) is 11.6 Å². The van der Waals surface area contributed by atoms with E-state index in [1.54, 1.807) is 0 Å². The molecular weight excluding hydrogens is 309 g/mol. The maximum absolute atomic E-state index is 13.0. The molecule has 0 radical (unpaired) electrons. The minimum atomic E-state index is -2.71. The first-order valence-electron chi connectivity index (χ1n) is 5.72. The fourth-order valence-corrected chi connectivity index (χ4v) is 2.71. The summed E-state index contributed by atoms with van der Waals surface area (Å²) in [6.45, 7) is 0. The van der Waals surface area contributed by atoms with Gasteiger partial charge in [0.2, 0.25) is 5.92 Å². The molecular formula is C13H12BrF3O. The predicted molar refractivity (Wildman–Crippen MR) is 65.1 cm³/mol. The van der Waals surface area contributed by atoms with Crippen LogP contribution in [0, 0.1) is 11.7 Å². The highest BCUT2D eigenvalue weighted by Crippen LogP contribution is 2.39. The van der Waals surface area contributed by atoms with E-state index in [4.69, 9.17) is 0 Å². The van der Waals surface area contributed by atoms with Crippen LogP contribution in [0.15, 0.2) is 22.7 Å². The summed E-state index contributed by atoms with van der Waals surface area (Å²) in [4.78, 5) is 11.9. The van der Waals surface area contributed by atoms with Crippen molar-refractivity contribution in [2.75, 3.05) is 0 Å². The second kappa shape index (κ2) is 5.03. The Labute approximate surface area is 112 Å². The van der Waals surface area contributed by atoms with E-state index < -0.39 is 17.7 Å². The normalized spacial score (nSPS) is 22.1. The largest absolute Gasteiger partial charge is 0.299 e. The lowest BCUT2D eigenvalue weighted by Crippen LogP contribution is -2.17. The standard InChI is InChI=1S/C13H12BrF3O/c14-11-6-10(15)2-1-8(11)5-12(18)9-3-4-13(16,17)7-9/h1-2,6,9H,3-5,7H2. The third kappa shape index (κ3) is 3.13. The van der Waals surface area contributed by atoms with E-state index in [0.717, 1.165) is 0 Å². The van der Waals surface area contributed by atoms with Crippen molar-refractivity contribution in [3.05, 3.63) is 34.1 Å². The van der Waals surface area contributed by atoms with Crippen molar-refractivity contribution in [3.63, 3.8) is 0 Å². The van der Waals surface area contributed by atoms with Crippen molar-refractivity contribution >= 4 is 21.7 Å². The zero-order valence-electron chi connectivity index (χ0n) is 9.56. The molecule has 5 heteroatoms. The van der Waals surface area contributed by atoms with E-state index in [9.17, 15) is 18.0 Å². The van der Waals surface area contributed by atoms with E-state index in [-0.39, 0.29) is 31.5 Å². The number of Topliss-reactive ketones (excluding diaryl/α,β-unsaturated/α-hetero) is 1. The number of alkyl halides is 2. The van der Waals surface area contributed by atoms with Crippen molar-refractivity contribution in [2.45, 2.75) is 31.6 Å². The summed E-state index contributed by atoms with van der Waals surface area (Å²) >= 11 is 3.17. The Hall–Kier alpha value is -0.840. The first-order chi connectivity index (χ1) is 8.37. The maximum Gasteiger partial charge on any atom is 0.248 e. The van der Waals surface area contributed by atoms with Gasteiger partial charge in [-0.1, -0.05) is 22.0 Å². The van der Waals surface area contributed by atoms with Crippen LogP contribution in [-0.2, 0) is 11.2 Å². The van der Waals surface area contributed by atoms with Crippen molar-refractivity contribution < 1.29 is 18.0 Å². The minimum Gasteiger partial charge on any atom is -0.299 e. The second-order valence-electron chi connectivity index (χ2n) is 4.67. The smallest absolute Gasteiger partial charge is 0.248 e. The lowest BCUT2D eigenvalue weighted by molar-refractivity contribution is -0.123. The van der Waals surface area contributed by atoms with Crippen LogP contribution in [0.3, 0.4) is 0 Å². The number of carbonyl (C=O) groups excluding carboxylic acids is 1. The molecule has 2 rings (SSSR count). The van der Waals surface area contributed by atoms with Gasteiger partial charge in [0.25, 0.3) is 0 Å². The molecule has 0 aliphatic heterocycles. The summed E-state index contributed by atoms with van der Waals surface area (Å²) in [5, 5.41) is 0. The predicted octanol–water partition coefficient (Wildman–Crippen LogP) is 4.14. The fraction of sp³-hybridized carbons (Fsp3) is 0.462. The van der Waals surface area contributed by atoms with Gasteiger partial charge in [-0.05, 0) is 24.1 Å². The van der Waals surface area contributed by atoms with Gasteiger partial charge in [0.15, 0.2) is 0 Å². The minimum absolute atomic E-state index is 0.0710. The van der Waals surface area contributed by atoms with Crippen LogP contribution in [0.1, 0.15) is 24.8 Å². The molecule has 0 N–H and O–H groups in total. The molecule has 0 bridgehead atoms. The lowest BCUT2D eigenvalue weighted by Gasteiger charge is -2.10. The third-order valence-corrected chi connectivity index (χ3v) is 3.98. The SMILES string of the molecule is O=C(Cc1ccc(F)cc1Br)C1CCC(F)(F)C1. The molecule has 1 aliphatic carbocycles. The number of hydrogen-bond donors (Lipinski definition) is 0. The van der Waals surface area contributed by atoms with E-state index >= 15 is 0 Å². The lowest BCUT2D eigenvalue weighted by atomic mass is 9.96. The van der Waals surface area contributed by atoms with Crippen molar-refractivity contribution in [3.8, 4) is 0 Å². The van der Waals surface area contributed by atoms with Crippen LogP contribution in [0.5, 0.6) is 0 Å². The molecule has 98 valence electrons. The topological polar surface area (TPSA) is 17.1 Å². The Balaban J connectivity index is 2.04. The molecule has 0 heterocycles. The number of benzene rings is 1. The molecule has 1 atom stereocenters. The average Bonchev–Trinajstić information content (AvgIpc) is 2.63. The fourth-order valence-electron chi connectivity index (χ4n) is 2.22. The molecule has 0 spiro atoms. The summed E-state index contributed by atoms with van der Waals surface area (Å²) in [6, 6.07) is 4.03. The molecule has 1 fully saturated rings. The van der Waals surface area contributed by atoms with Crippen LogP contribution in [-0.4, -0.2) is 11.7 Å². The van der Waals surface area contributed by atoms with Crippen molar-refractivity contribution in [2.24, 2.45) is 5.92 Å². The van der Waals surface area contributed by atoms with Crippen LogP contribution in [0.4, 0.5) is 13.2 Å². The Kier molecular flexibility index (Phi) is 3.80. The van der Waals surface area contributed by atoms with Gasteiger partial charge < -0.3 is 0 Å². The summed E-state index contributed by atoms with van der Waals surface area (Å²) in [6.07, 6.45) is -0.259. The van der Waals surface area contributed by atoms with E-state index in [1.807, 2.05) is 0 Å². The molecule has 1 unspecified atom stereocenters. The van der Waals surface area contributed by atoms with Gasteiger partial charge >= 0.3 is 0 Å². The zero-order chi connectivity index (χ0) is 13.3. The number of hydrogen-bond acceptors (Lipinski definition) is 1. The Morgan fingerprint density at radius 1 is 1.44 bits per heavy atom. The number of rotatable bonds is 3. The van der Waals surface area contributed by atoms with E-state index in [0.29, 0.717) is 10.0 Å². The summed E-state index contributed by atoms with van der Waals surface area (Å²) < 4.78 is 39.4. The number of carbonyl (C=O) groups is 1. The van der Waals surface area contributed by atoms with Crippen LogP contribution in [0.25, 0.3) is 0 Å². The summed E-state index contributed by atoms with van der Waals surface area (Å²) in [5.74, 6) is -3.87. The number of ketones is 1.